The molecule has 0 aliphatic rings. The van der Waals surface area contributed by atoms with Crippen molar-refractivity contribution in [2.24, 2.45) is 0 Å². The van der Waals surface area contributed by atoms with E-state index in [9.17, 15) is 4.79 Å². The topological polar surface area (TPSA) is 40.0 Å². The van der Waals surface area contributed by atoms with Crippen molar-refractivity contribution >= 4 is 11.7 Å². The largest absolute Gasteiger partial charge is 0.491 e. The molecule has 0 bridgehead atoms. The highest BCUT2D eigenvalue weighted by Gasteiger charge is 2.19. The third-order valence-corrected chi connectivity index (χ3v) is 5.58. The number of benzene rings is 1. The zero-order valence-electron chi connectivity index (χ0n) is 22.0. The van der Waals surface area contributed by atoms with Crippen LogP contribution in [0.25, 0.3) is 0 Å². The molecule has 0 fully saturated rings. The fourth-order valence-corrected chi connectivity index (χ4v) is 3.51. The molecule has 1 N–H and O–H groups in total. The van der Waals surface area contributed by atoms with E-state index in [1.54, 1.807) is 13.2 Å². The number of quaternary nitrogens is 1. The van der Waals surface area contributed by atoms with E-state index in [-0.39, 0.29) is 5.97 Å². The van der Waals surface area contributed by atoms with Gasteiger partial charge in [-0.25, -0.2) is 4.79 Å². The second-order valence-electron chi connectivity index (χ2n) is 9.16. The molecule has 0 aliphatic carbocycles. The van der Waals surface area contributed by atoms with E-state index in [1.807, 2.05) is 12.1 Å². The Labute approximate surface area is 201 Å². The first-order valence-corrected chi connectivity index (χ1v) is 11.9. The Morgan fingerprint density at radius 2 is 1.33 bits per heavy atom. The highest BCUT2D eigenvalue weighted by Crippen LogP contribution is 2.22. The molecule has 0 aromatic heterocycles. The molecule has 0 unspecified atom stereocenters. The van der Waals surface area contributed by atoms with Gasteiger partial charge in [-0.2, -0.15) is 0 Å². The molecule has 0 saturated heterocycles. The molecule has 33 heavy (non-hydrogen) atoms. The number of allylic oxidation sites excluding steroid dienone is 6. The van der Waals surface area contributed by atoms with Crippen LogP contribution < -0.4 is 9.64 Å². The first-order valence-electron chi connectivity index (χ1n) is 11.9. The number of hydrogen-bond donors (Lipinski definition) is 1. The van der Waals surface area contributed by atoms with E-state index in [0.29, 0.717) is 5.56 Å². The van der Waals surface area contributed by atoms with E-state index >= 15 is 0 Å². The van der Waals surface area contributed by atoms with Crippen LogP contribution >= 0.6 is 0 Å². The summed E-state index contributed by atoms with van der Waals surface area (Å²) in [6.45, 7) is 14.6. The highest BCUT2D eigenvalue weighted by atomic mass is 16.5. The summed E-state index contributed by atoms with van der Waals surface area (Å²) in [6, 6.07) is 5.52. The summed E-state index contributed by atoms with van der Waals surface area (Å²) in [4.78, 5) is 13.4. The summed E-state index contributed by atoms with van der Waals surface area (Å²) in [5.41, 5.74) is 6.97. The fraction of sp³-hybridized carbons (Fsp3) is 0.483. The minimum Gasteiger partial charge on any atom is -0.491 e. The van der Waals surface area contributed by atoms with Gasteiger partial charge in [-0.15, -0.1) is 0 Å². The lowest BCUT2D eigenvalue weighted by Gasteiger charge is -2.20. The Bertz CT molecular complexity index is 842. The minimum absolute atomic E-state index is 0.333. The lowest BCUT2D eigenvalue weighted by atomic mass is 10.1. The number of carbonyl (C=O) groups is 1. The quantitative estimate of drug-likeness (QED) is 0.277. The van der Waals surface area contributed by atoms with E-state index in [2.05, 4.69) is 65.8 Å². The second kappa shape index (κ2) is 15.3. The zero-order chi connectivity index (χ0) is 24.8. The molecule has 0 saturated carbocycles. The number of carbonyl (C=O) groups excluding carboxylic acids is 1. The van der Waals surface area contributed by atoms with Crippen molar-refractivity contribution in [1.29, 1.82) is 0 Å². The number of esters is 1. The summed E-state index contributed by atoms with van der Waals surface area (Å²) >= 11 is 0. The van der Waals surface area contributed by atoms with E-state index in [0.717, 1.165) is 50.2 Å². The molecule has 4 nitrogen and oxygen atoms in total. The first-order chi connectivity index (χ1) is 15.7. The van der Waals surface area contributed by atoms with Gasteiger partial charge in [0.1, 0.15) is 13.1 Å². The molecule has 0 aliphatic heterocycles. The van der Waals surface area contributed by atoms with Crippen LogP contribution in [0.3, 0.4) is 0 Å². The van der Waals surface area contributed by atoms with Crippen LogP contribution in [-0.2, 0) is 4.74 Å². The highest BCUT2D eigenvalue weighted by molar-refractivity contribution is 5.90. The maximum absolute atomic E-state index is 12.2. The molecule has 182 valence electrons. The Hall–Kier alpha value is -2.59. The summed E-state index contributed by atoms with van der Waals surface area (Å²) in [5, 5.41) is 0. The van der Waals surface area contributed by atoms with Gasteiger partial charge >= 0.3 is 5.97 Å². The number of nitrogens with one attached hydrogen (secondary N) is 1. The van der Waals surface area contributed by atoms with Crippen LogP contribution in [0.15, 0.2) is 64.8 Å². The van der Waals surface area contributed by atoms with Gasteiger partial charge in [0.05, 0.1) is 19.8 Å². The van der Waals surface area contributed by atoms with Gasteiger partial charge in [0.2, 0.25) is 0 Å². The molecule has 4 heteroatoms. The Morgan fingerprint density at radius 3 is 1.76 bits per heavy atom. The molecule has 0 atom stereocenters. The van der Waals surface area contributed by atoms with E-state index < -0.39 is 0 Å². The maximum atomic E-state index is 12.2. The number of ether oxygens (including phenoxy) is 2. The van der Waals surface area contributed by atoms with Crippen LogP contribution in [0.1, 0.15) is 77.6 Å². The van der Waals surface area contributed by atoms with Gasteiger partial charge in [0.15, 0.2) is 11.4 Å². The molecule has 1 aromatic carbocycles. The fourth-order valence-electron chi connectivity index (χ4n) is 3.51. The molecule has 0 heterocycles. The Morgan fingerprint density at radius 1 is 0.818 bits per heavy atom. The summed E-state index contributed by atoms with van der Waals surface area (Å²) in [6.07, 6.45) is 13.4. The first kappa shape index (κ1) is 28.4. The number of rotatable bonds is 13. The van der Waals surface area contributed by atoms with Crippen molar-refractivity contribution in [2.45, 2.75) is 67.2 Å². The van der Waals surface area contributed by atoms with E-state index in [1.165, 1.54) is 34.3 Å². The minimum atomic E-state index is -0.333. The molecular formula is C29H44NO3+. The van der Waals surface area contributed by atoms with Crippen molar-refractivity contribution in [2.75, 3.05) is 27.3 Å². The van der Waals surface area contributed by atoms with E-state index in [4.69, 9.17) is 9.47 Å². The lowest BCUT2D eigenvalue weighted by Crippen LogP contribution is -3.06. The predicted octanol–water partition coefficient (Wildman–Crippen LogP) is 6.38. The third-order valence-electron chi connectivity index (χ3n) is 5.58. The molecule has 0 spiro atoms. The zero-order valence-corrected chi connectivity index (χ0v) is 22.0. The van der Waals surface area contributed by atoms with Crippen molar-refractivity contribution in [1.82, 2.24) is 0 Å². The Kier molecular flexibility index (Phi) is 13.2. The molecular weight excluding hydrogens is 410 g/mol. The van der Waals surface area contributed by atoms with Gasteiger partial charge in [-0.05, 0) is 91.5 Å². The number of hydrogen-bond acceptors (Lipinski definition) is 3. The average Bonchev–Trinajstić information content (AvgIpc) is 2.77. The molecule has 0 radical (unpaired) electrons. The van der Waals surface area contributed by atoms with Crippen LogP contribution in [0.4, 0.5) is 5.69 Å². The monoisotopic (exact) mass is 454 g/mol. The normalized spacial score (nSPS) is 11.9. The molecule has 1 aromatic rings. The maximum Gasteiger partial charge on any atom is 0.338 e. The average molecular weight is 455 g/mol. The standard InChI is InChI=1S/C29H43NO3/c1-22(2)11-9-13-24(5)17-19-30(20-18-25(6)14-10-12-23(3)4)27-21-26(29(31)33-8)15-16-28(27)32-7/h11-12,15-18,21H,9-10,13-14,19-20H2,1-8H3/p+1/b24-17+,25-18+. The summed E-state index contributed by atoms with van der Waals surface area (Å²) < 4.78 is 10.6. The predicted molar refractivity (Wildman–Crippen MR) is 140 cm³/mol. The van der Waals surface area contributed by atoms with Gasteiger partial charge < -0.3 is 9.47 Å². The van der Waals surface area contributed by atoms with Crippen LogP contribution in [0, 0.1) is 0 Å². The molecule has 0 amide bonds. The SMILES string of the molecule is COC(=O)c1ccc(OC)c([NH+](C/C=C(\C)CCC=C(C)C)C/C=C(\C)CCC=C(C)C)c1. The number of methoxy groups -OCH3 is 2. The van der Waals surface area contributed by atoms with Crippen LogP contribution in [0.2, 0.25) is 0 Å². The van der Waals surface area contributed by atoms with Gasteiger partial charge in [0.25, 0.3) is 0 Å². The molecule has 1 rings (SSSR count). The van der Waals surface area contributed by atoms with Crippen molar-refractivity contribution < 1.29 is 19.2 Å². The lowest BCUT2D eigenvalue weighted by molar-refractivity contribution is -0.819. The van der Waals surface area contributed by atoms with Gasteiger partial charge in [-0.3, -0.25) is 4.90 Å². The van der Waals surface area contributed by atoms with Gasteiger partial charge in [0, 0.05) is 6.07 Å². The van der Waals surface area contributed by atoms with Crippen molar-refractivity contribution in [3.8, 4) is 5.75 Å². The summed E-state index contributed by atoms with van der Waals surface area (Å²) in [7, 11) is 3.09. The van der Waals surface area contributed by atoms with Crippen LogP contribution in [0.5, 0.6) is 5.75 Å². The third kappa shape index (κ3) is 11.2. The Balaban J connectivity index is 3.17. The summed E-state index contributed by atoms with van der Waals surface area (Å²) in [5.74, 6) is 0.448. The smallest absolute Gasteiger partial charge is 0.338 e. The van der Waals surface area contributed by atoms with Crippen molar-refractivity contribution in [3.05, 3.63) is 70.4 Å². The second-order valence-corrected chi connectivity index (χ2v) is 9.16. The van der Waals surface area contributed by atoms with Crippen molar-refractivity contribution in [3.63, 3.8) is 0 Å². The van der Waals surface area contributed by atoms with Gasteiger partial charge in [-0.1, -0.05) is 34.4 Å². The van der Waals surface area contributed by atoms with Crippen LogP contribution in [-0.4, -0.2) is 33.3 Å².